The third-order valence-corrected chi connectivity index (χ3v) is 4.17. The highest BCUT2D eigenvalue weighted by molar-refractivity contribution is 5.82. The van der Waals surface area contributed by atoms with E-state index in [4.69, 9.17) is 0 Å². The molecular weight excluding hydrogens is 230 g/mol. The number of carbonyl (C=O) groups excluding carboxylic acids is 1. The van der Waals surface area contributed by atoms with E-state index in [1.165, 1.54) is 0 Å². The molecule has 18 heavy (non-hydrogen) atoms. The minimum absolute atomic E-state index is 0.0794. The number of aliphatic hydroxyl groups is 1. The molecule has 0 aromatic rings. The average molecular weight is 255 g/mol. The molecule has 2 aliphatic heterocycles. The molecule has 0 aromatic heterocycles. The van der Waals surface area contributed by atoms with Crippen LogP contribution in [0.1, 0.15) is 26.7 Å². The zero-order valence-corrected chi connectivity index (χ0v) is 11.4. The molecule has 2 saturated heterocycles. The molecule has 0 bridgehead atoms. The SMILES string of the molecule is CC1CNC(C(=O)N2CCC(C(C)O)CC2)CN1. The van der Waals surface area contributed by atoms with Gasteiger partial charge in [0.1, 0.15) is 0 Å². The van der Waals surface area contributed by atoms with Gasteiger partial charge in [-0.3, -0.25) is 4.79 Å². The van der Waals surface area contributed by atoms with Crippen LogP contribution in [0.15, 0.2) is 0 Å². The number of nitrogens with one attached hydrogen (secondary N) is 2. The molecule has 0 aromatic carbocycles. The van der Waals surface area contributed by atoms with Crippen LogP contribution in [0.3, 0.4) is 0 Å². The van der Waals surface area contributed by atoms with Crippen molar-refractivity contribution in [2.75, 3.05) is 26.2 Å². The Morgan fingerprint density at radius 1 is 1.28 bits per heavy atom. The van der Waals surface area contributed by atoms with Gasteiger partial charge in [-0.2, -0.15) is 0 Å². The Labute approximate surface area is 109 Å². The summed E-state index contributed by atoms with van der Waals surface area (Å²) in [7, 11) is 0. The Hall–Kier alpha value is -0.650. The van der Waals surface area contributed by atoms with Crippen LogP contribution >= 0.6 is 0 Å². The van der Waals surface area contributed by atoms with Gasteiger partial charge in [0.2, 0.25) is 5.91 Å². The number of likely N-dealkylation sites (tertiary alicyclic amines) is 1. The van der Waals surface area contributed by atoms with Gasteiger partial charge in [0, 0.05) is 32.2 Å². The molecule has 1 amide bonds. The van der Waals surface area contributed by atoms with Crippen LogP contribution < -0.4 is 10.6 Å². The van der Waals surface area contributed by atoms with Crippen molar-refractivity contribution < 1.29 is 9.90 Å². The van der Waals surface area contributed by atoms with Gasteiger partial charge in [0.15, 0.2) is 0 Å². The van der Waals surface area contributed by atoms with Gasteiger partial charge >= 0.3 is 0 Å². The lowest BCUT2D eigenvalue weighted by molar-refractivity contribution is -0.135. The number of hydrogen-bond acceptors (Lipinski definition) is 4. The number of rotatable bonds is 2. The molecule has 5 nitrogen and oxygen atoms in total. The predicted octanol–water partition coefficient (Wildman–Crippen LogP) is -0.444. The maximum atomic E-state index is 12.3. The molecule has 2 aliphatic rings. The van der Waals surface area contributed by atoms with Crippen LogP contribution in [0.4, 0.5) is 0 Å². The van der Waals surface area contributed by atoms with Crippen molar-refractivity contribution in [2.24, 2.45) is 5.92 Å². The van der Waals surface area contributed by atoms with Crippen LogP contribution in [0.5, 0.6) is 0 Å². The monoisotopic (exact) mass is 255 g/mol. The van der Waals surface area contributed by atoms with E-state index in [9.17, 15) is 9.90 Å². The van der Waals surface area contributed by atoms with Gasteiger partial charge in [-0.1, -0.05) is 0 Å². The number of nitrogens with zero attached hydrogens (tertiary/aromatic N) is 1. The molecule has 0 saturated carbocycles. The minimum Gasteiger partial charge on any atom is -0.393 e. The van der Waals surface area contributed by atoms with Crippen molar-refractivity contribution in [3.63, 3.8) is 0 Å². The van der Waals surface area contributed by atoms with E-state index < -0.39 is 0 Å². The van der Waals surface area contributed by atoms with Gasteiger partial charge in [-0.25, -0.2) is 0 Å². The Bertz CT molecular complexity index is 280. The molecule has 0 aliphatic carbocycles. The highest BCUT2D eigenvalue weighted by Crippen LogP contribution is 2.21. The first-order valence-corrected chi connectivity index (χ1v) is 7.01. The maximum absolute atomic E-state index is 12.3. The van der Waals surface area contributed by atoms with E-state index in [0.29, 0.717) is 12.0 Å². The summed E-state index contributed by atoms with van der Waals surface area (Å²) in [6.45, 7) is 7.08. The molecule has 2 fully saturated rings. The molecule has 2 heterocycles. The lowest BCUT2D eigenvalue weighted by atomic mass is 9.92. The van der Waals surface area contributed by atoms with Crippen molar-refractivity contribution in [3.05, 3.63) is 0 Å². The van der Waals surface area contributed by atoms with Gasteiger partial charge in [0.05, 0.1) is 12.1 Å². The standard InChI is InChI=1S/C13H25N3O2/c1-9-7-15-12(8-14-9)13(18)16-5-3-11(4-6-16)10(2)17/h9-12,14-15,17H,3-8H2,1-2H3. The first kappa shape index (κ1) is 13.8. The van der Waals surface area contributed by atoms with Crippen LogP contribution in [0.25, 0.3) is 0 Å². The molecule has 2 rings (SSSR count). The molecule has 0 spiro atoms. The fraction of sp³-hybridized carbons (Fsp3) is 0.923. The number of piperazine rings is 1. The third kappa shape index (κ3) is 3.22. The molecule has 3 unspecified atom stereocenters. The summed E-state index contributed by atoms with van der Waals surface area (Å²) in [5.74, 6) is 0.560. The Morgan fingerprint density at radius 2 is 1.94 bits per heavy atom. The second-order valence-electron chi connectivity index (χ2n) is 5.67. The van der Waals surface area contributed by atoms with Gasteiger partial charge in [0.25, 0.3) is 0 Å². The van der Waals surface area contributed by atoms with E-state index in [0.717, 1.165) is 39.0 Å². The van der Waals surface area contributed by atoms with E-state index in [1.807, 2.05) is 11.8 Å². The number of piperidine rings is 1. The molecule has 3 N–H and O–H groups in total. The fourth-order valence-corrected chi connectivity index (χ4v) is 2.78. The lowest BCUT2D eigenvalue weighted by Gasteiger charge is -2.37. The highest BCUT2D eigenvalue weighted by atomic mass is 16.3. The largest absolute Gasteiger partial charge is 0.393 e. The van der Waals surface area contributed by atoms with Crippen LogP contribution in [0.2, 0.25) is 0 Å². The number of carbonyl (C=O) groups is 1. The zero-order chi connectivity index (χ0) is 13.1. The quantitative estimate of drug-likeness (QED) is 0.626. The summed E-state index contributed by atoms with van der Waals surface area (Å²) >= 11 is 0. The lowest BCUT2D eigenvalue weighted by Crippen LogP contribution is -2.60. The number of amides is 1. The highest BCUT2D eigenvalue weighted by Gasteiger charge is 2.31. The van der Waals surface area contributed by atoms with Crippen molar-refractivity contribution in [2.45, 2.75) is 44.9 Å². The summed E-state index contributed by atoms with van der Waals surface area (Å²) in [6.07, 6.45) is 1.58. The average Bonchev–Trinajstić information content (AvgIpc) is 2.39. The van der Waals surface area contributed by atoms with Gasteiger partial charge in [-0.05, 0) is 32.6 Å². The normalized spacial score (nSPS) is 32.3. The van der Waals surface area contributed by atoms with Crippen molar-refractivity contribution in [1.82, 2.24) is 15.5 Å². The number of hydrogen-bond donors (Lipinski definition) is 3. The second kappa shape index (κ2) is 5.99. The molecule has 104 valence electrons. The van der Waals surface area contributed by atoms with E-state index in [1.54, 1.807) is 0 Å². The third-order valence-electron chi connectivity index (χ3n) is 4.17. The summed E-state index contributed by atoms with van der Waals surface area (Å²) in [5.41, 5.74) is 0. The van der Waals surface area contributed by atoms with Crippen molar-refractivity contribution in [3.8, 4) is 0 Å². The summed E-state index contributed by atoms with van der Waals surface area (Å²) in [5, 5.41) is 16.2. The topological polar surface area (TPSA) is 64.6 Å². The fourth-order valence-electron chi connectivity index (χ4n) is 2.78. The van der Waals surface area contributed by atoms with Crippen molar-refractivity contribution in [1.29, 1.82) is 0 Å². The summed E-state index contributed by atoms with van der Waals surface area (Å²) in [4.78, 5) is 14.2. The predicted molar refractivity (Wildman–Crippen MR) is 70.2 cm³/mol. The first-order valence-electron chi connectivity index (χ1n) is 7.01. The van der Waals surface area contributed by atoms with E-state index in [-0.39, 0.29) is 18.1 Å². The van der Waals surface area contributed by atoms with Crippen LogP contribution in [-0.2, 0) is 4.79 Å². The molecular formula is C13H25N3O2. The summed E-state index contributed by atoms with van der Waals surface area (Å²) < 4.78 is 0. The zero-order valence-electron chi connectivity index (χ0n) is 11.4. The Balaban J connectivity index is 1.80. The van der Waals surface area contributed by atoms with E-state index >= 15 is 0 Å². The minimum atomic E-state index is -0.252. The smallest absolute Gasteiger partial charge is 0.241 e. The molecule has 3 atom stereocenters. The first-order chi connectivity index (χ1) is 8.58. The van der Waals surface area contributed by atoms with Gasteiger partial charge in [-0.15, -0.1) is 0 Å². The number of aliphatic hydroxyl groups excluding tert-OH is 1. The Morgan fingerprint density at radius 3 is 2.44 bits per heavy atom. The van der Waals surface area contributed by atoms with Crippen LogP contribution in [-0.4, -0.2) is 60.3 Å². The van der Waals surface area contributed by atoms with Crippen LogP contribution in [0, 0.1) is 5.92 Å². The maximum Gasteiger partial charge on any atom is 0.241 e. The Kier molecular flexibility index (Phi) is 4.59. The molecule has 0 radical (unpaired) electrons. The molecule has 5 heteroatoms. The van der Waals surface area contributed by atoms with E-state index in [2.05, 4.69) is 17.6 Å². The summed E-state index contributed by atoms with van der Waals surface area (Å²) in [6, 6.07) is 0.360. The second-order valence-corrected chi connectivity index (χ2v) is 5.67. The van der Waals surface area contributed by atoms with Gasteiger partial charge < -0.3 is 20.6 Å². The van der Waals surface area contributed by atoms with Crippen molar-refractivity contribution >= 4 is 5.91 Å².